The zero-order valence-corrected chi connectivity index (χ0v) is 22.9. The largest absolute Gasteiger partial charge is 0.493 e. The van der Waals surface area contributed by atoms with Crippen LogP contribution in [0.5, 0.6) is 17.2 Å². The first-order valence-electron chi connectivity index (χ1n) is 11.9. The number of methoxy groups -OCH3 is 3. The molecule has 38 heavy (non-hydrogen) atoms. The molecule has 2 fully saturated rings. The summed E-state index contributed by atoms with van der Waals surface area (Å²) >= 11 is 6.74. The SMILES string of the molecule is COc1cc(/C=C/C(=O)c2ccc(N3C(=O)C[C@H](SC(=S)N4CCOCC4)C3=O)cc2)cc(OC)c1OC. The minimum Gasteiger partial charge on any atom is -0.493 e. The van der Waals surface area contributed by atoms with E-state index in [0.717, 1.165) is 0 Å². The van der Waals surface area contributed by atoms with Crippen LogP contribution in [0.1, 0.15) is 22.3 Å². The number of benzene rings is 2. The van der Waals surface area contributed by atoms with Crippen LogP contribution in [0, 0.1) is 0 Å². The highest BCUT2D eigenvalue weighted by atomic mass is 32.2. The normalized spacial score (nSPS) is 17.7. The van der Waals surface area contributed by atoms with Crippen LogP contribution < -0.4 is 19.1 Å². The lowest BCUT2D eigenvalue weighted by Crippen LogP contribution is -2.39. The molecule has 0 radical (unpaired) electrons. The Labute approximate surface area is 230 Å². The van der Waals surface area contributed by atoms with E-state index in [1.807, 2.05) is 4.90 Å². The Morgan fingerprint density at radius 2 is 1.66 bits per heavy atom. The molecule has 0 aliphatic carbocycles. The number of thiocarbonyl (C=S) groups is 1. The van der Waals surface area contributed by atoms with E-state index in [0.29, 0.717) is 64.7 Å². The van der Waals surface area contributed by atoms with E-state index in [4.69, 9.17) is 31.2 Å². The van der Waals surface area contributed by atoms with Crippen LogP contribution in [-0.4, -0.2) is 79.7 Å². The van der Waals surface area contributed by atoms with Crippen molar-refractivity contribution in [2.24, 2.45) is 0 Å². The van der Waals surface area contributed by atoms with E-state index in [1.54, 1.807) is 42.5 Å². The molecule has 2 amide bonds. The van der Waals surface area contributed by atoms with Crippen molar-refractivity contribution in [3.05, 3.63) is 53.6 Å². The van der Waals surface area contributed by atoms with Crippen LogP contribution in [0.15, 0.2) is 42.5 Å². The first kappa shape index (κ1) is 27.6. The molecule has 2 heterocycles. The van der Waals surface area contributed by atoms with Crippen LogP contribution in [0.4, 0.5) is 5.69 Å². The van der Waals surface area contributed by atoms with Gasteiger partial charge < -0.3 is 23.8 Å². The van der Waals surface area contributed by atoms with Crippen LogP contribution in [0.25, 0.3) is 6.08 Å². The second kappa shape index (κ2) is 12.4. The van der Waals surface area contributed by atoms with Crippen molar-refractivity contribution in [1.29, 1.82) is 0 Å². The zero-order chi connectivity index (χ0) is 27.2. The lowest BCUT2D eigenvalue weighted by Gasteiger charge is -2.29. The van der Waals surface area contributed by atoms with E-state index in [-0.39, 0.29) is 24.0 Å². The van der Waals surface area contributed by atoms with Gasteiger partial charge in [0.15, 0.2) is 17.3 Å². The van der Waals surface area contributed by atoms with Crippen molar-refractivity contribution in [3.8, 4) is 17.2 Å². The van der Waals surface area contributed by atoms with Crippen molar-refractivity contribution < 1.29 is 33.3 Å². The van der Waals surface area contributed by atoms with Crippen LogP contribution >= 0.6 is 24.0 Å². The summed E-state index contributed by atoms with van der Waals surface area (Å²) in [6, 6.07) is 9.86. The highest BCUT2D eigenvalue weighted by Gasteiger charge is 2.41. The third kappa shape index (κ3) is 6.01. The van der Waals surface area contributed by atoms with E-state index >= 15 is 0 Å². The van der Waals surface area contributed by atoms with Gasteiger partial charge in [0, 0.05) is 25.1 Å². The summed E-state index contributed by atoms with van der Waals surface area (Å²) in [5, 5.41) is -0.569. The van der Waals surface area contributed by atoms with Gasteiger partial charge in [0.25, 0.3) is 0 Å². The third-order valence-electron chi connectivity index (χ3n) is 6.14. The highest BCUT2D eigenvalue weighted by molar-refractivity contribution is 8.23. The molecule has 2 aromatic rings. The molecule has 0 bridgehead atoms. The summed E-state index contributed by atoms with van der Waals surface area (Å²) in [6.45, 7) is 2.53. The second-order valence-electron chi connectivity index (χ2n) is 8.45. The number of anilines is 1. The predicted octanol–water partition coefficient (Wildman–Crippen LogP) is 3.59. The van der Waals surface area contributed by atoms with Crippen LogP contribution in [0.2, 0.25) is 0 Å². The predicted molar refractivity (Wildman–Crippen MR) is 149 cm³/mol. The highest BCUT2D eigenvalue weighted by Crippen LogP contribution is 2.38. The van der Waals surface area contributed by atoms with Gasteiger partial charge in [-0.25, -0.2) is 4.90 Å². The number of nitrogens with zero attached hydrogens (tertiary/aromatic N) is 2. The Kier molecular flexibility index (Phi) is 9.03. The molecular weight excluding hydrogens is 528 g/mol. The molecule has 2 saturated heterocycles. The number of thioether (sulfide) groups is 1. The monoisotopic (exact) mass is 556 g/mol. The average Bonchev–Trinajstić information content (AvgIpc) is 3.23. The fraction of sp³-hybridized carbons (Fsp3) is 0.333. The molecule has 11 heteroatoms. The molecule has 0 unspecified atom stereocenters. The van der Waals surface area contributed by atoms with Gasteiger partial charge in [-0.15, -0.1) is 0 Å². The molecule has 0 N–H and O–H groups in total. The van der Waals surface area contributed by atoms with E-state index < -0.39 is 5.25 Å². The van der Waals surface area contributed by atoms with Gasteiger partial charge in [-0.05, 0) is 48.0 Å². The number of amides is 2. The Hall–Kier alpha value is -3.41. The number of carbonyl (C=O) groups excluding carboxylic acids is 3. The first-order chi connectivity index (χ1) is 18.4. The average molecular weight is 557 g/mol. The fourth-order valence-corrected chi connectivity index (χ4v) is 5.69. The van der Waals surface area contributed by atoms with Crippen molar-refractivity contribution in [1.82, 2.24) is 4.90 Å². The molecule has 2 aliphatic rings. The number of ketones is 1. The fourth-order valence-electron chi connectivity index (χ4n) is 4.15. The molecule has 2 aliphatic heterocycles. The molecular formula is C27H28N2O7S2. The maximum atomic E-state index is 13.0. The Bertz CT molecular complexity index is 1230. The topological polar surface area (TPSA) is 94.6 Å². The van der Waals surface area contributed by atoms with Crippen molar-refractivity contribution >= 4 is 57.7 Å². The summed E-state index contributed by atoms with van der Waals surface area (Å²) in [4.78, 5) is 41.7. The summed E-state index contributed by atoms with van der Waals surface area (Å²) < 4.78 is 22.0. The first-order valence-corrected chi connectivity index (χ1v) is 13.2. The Morgan fingerprint density at radius 3 is 2.24 bits per heavy atom. The van der Waals surface area contributed by atoms with Crippen molar-refractivity contribution in [2.45, 2.75) is 11.7 Å². The third-order valence-corrected chi connectivity index (χ3v) is 7.80. The summed E-state index contributed by atoms with van der Waals surface area (Å²) in [5.41, 5.74) is 1.53. The van der Waals surface area contributed by atoms with E-state index in [2.05, 4.69) is 0 Å². The van der Waals surface area contributed by atoms with Crippen LogP contribution in [0.3, 0.4) is 0 Å². The quantitative estimate of drug-likeness (QED) is 0.208. The molecule has 0 spiro atoms. The Morgan fingerprint density at radius 1 is 1.03 bits per heavy atom. The van der Waals surface area contributed by atoms with Crippen molar-refractivity contribution in [3.63, 3.8) is 0 Å². The number of hydrogen-bond acceptors (Lipinski definition) is 9. The number of allylic oxidation sites excluding steroid dienone is 1. The molecule has 4 rings (SSSR count). The maximum Gasteiger partial charge on any atom is 0.247 e. The standard InChI is InChI=1S/C27H28N2O7S2/c1-33-21-14-17(15-22(34-2)25(21)35-3)4-9-20(30)18-5-7-19(8-6-18)29-24(31)16-23(26(29)32)38-27(37)28-10-12-36-13-11-28/h4-9,14-15,23H,10-13,16H2,1-3H3/b9-4+/t23-/m0/s1. The lowest BCUT2D eigenvalue weighted by atomic mass is 10.1. The molecule has 2 aromatic carbocycles. The molecule has 0 aromatic heterocycles. The Balaban J connectivity index is 1.42. The number of ether oxygens (including phenoxy) is 4. The summed E-state index contributed by atoms with van der Waals surface area (Å²) in [5.74, 6) is 0.573. The van der Waals surface area contributed by atoms with Crippen molar-refractivity contribution in [2.75, 3.05) is 52.5 Å². The number of hydrogen-bond donors (Lipinski definition) is 0. The number of rotatable bonds is 8. The molecule has 1 atom stereocenters. The number of carbonyl (C=O) groups is 3. The molecule has 0 saturated carbocycles. The minimum atomic E-state index is -0.569. The van der Waals surface area contributed by atoms with Gasteiger partial charge in [0.05, 0.1) is 40.2 Å². The van der Waals surface area contributed by atoms with Gasteiger partial charge in [-0.3, -0.25) is 14.4 Å². The van der Waals surface area contributed by atoms with Gasteiger partial charge in [0.1, 0.15) is 9.57 Å². The lowest BCUT2D eigenvalue weighted by molar-refractivity contribution is -0.121. The minimum absolute atomic E-state index is 0.0756. The molecule has 200 valence electrons. The van der Waals surface area contributed by atoms with E-state index in [1.165, 1.54) is 44.1 Å². The zero-order valence-electron chi connectivity index (χ0n) is 21.3. The molecule has 9 nitrogen and oxygen atoms in total. The van der Waals surface area contributed by atoms with Gasteiger partial charge >= 0.3 is 0 Å². The van der Waals surface area contributed by atoms with E-state index in [9.17, 15) is 14.4 Å². The number of imide groups is 1. The second-order valence-corrected chi connectivity index (χ2v) is 10.3. The van der Waals surface area contributed by atoms with Gasteiger partial charge in [0.2, 0.25) is 17.6 Å². The smallest absolute Gasteiger partial charge is 0.247 e. The van der Waals surface area contributed by atoms with Gasteiger partial charge in [-0.1, -0.05) is 30.1 Å². The summed E-state index contributed by atoms with van der Waals surface area (Å²) in [7, 11) is 4.56. The maximum absolute atomic E-state index is 13.0. The van der Waals surface area contributed by atoms with Crippen LogP contribution in [-0.2, 0) is 14.3 Å². The van der Waals surface area contributed by atoms with Gasteiger partial charge in [-0.2, -0.15) is 0 Å². The summed E-state index contributed by atoms with van der Waals surface area (Å²) in [6.07, 6.45) is 3.15. The number of morpholine rings is 1.